The normalized spacial score (nSPS) is 24.6. The smallest absolute Gasteiger partial charge is 0.344 e. The molecule has 3 N–H and O–H groups in total. The Bertz CT molecular complexity index is 845. The Balaban J connectivity index is 1.55. The highest BCUT2D eigenvalue weighted by atomic mass is 32.1. The quantitative estimate of drug-likeness (QED) is 0.483. The van der Waals surface area contributed by atoms with Crippen molar-refractivity contribution in [2.24, 2.45) is 17.3 Å². The highest BCUT2D eigenvalue weighted by Gasteiger charge is 2.46. The summed E-state index contributed by atoms with van der Waals surface area (Å²) in [6.45, 7) is 6.61. The van der Waals surface area contributed by atoms with Crippen LogP contribution in [0.1, 0.15) is 60.1 Å². The average molecular weight is 446 g/mol. The van der Waals surface area contributed by atoms with Crippen molar-refractivity contribution in [3.05, 3.63) is 21.4 Å². The lowest BCUT2D eigenvalue weighted by Gasteiger charge is -2.33. The molecule has 0 aromatic carbocycles. The summed E-state index contributed by atoms with van der Waals surface area (Å²) in [7, 11) is 0. The van der Waals surface area contributed by atoms with Crippen molar-refractivity contribution in [2.75, 3.05) is 0 Å². The molecule has 1 saturated heterocycles. The number of alkyl halides is 3. The third-order valence-corrected chi connectivity index (χ3v) is 7.16. The Hall–Kier alpha value is -2.10. The van der Waals surface area contributed by atoms with Gasteiger partial charge in [0.15, 0.2) is 0 Å². The number of fused-ring (bicyclic) bond motifs is 1. The molecule has 30 heavy (non-hydrogen) atoms. The summed E-state index contributed by atoms with van der Waals surface area (Å²) in [4.78, 5) is 38.1. The molecule has 3 amide bonds. The number of nitrogens with one attached hydrogen (secondary N) is 3. The monoisotopic (exact) mass is 445 g/mol. The molecule has 0 bridgehead atoms. The van der Waals surface area contributed by atoms with Gasteiger partial charge in [-0.2, -0.15) is 13.2 Å². The Kier molecular flexibility index (Phi) is 6.18. The molecule has 3 atom stereocenters. The van der Waals surface area contributed by atoms with Gasteiger partial charge in [0.1, 0.15) is 12.0 Å². The molecule has 2 heterocycles. The number of piperidine rings is 1. The van der Waals surface area contributed by atoms with E-state index in [1.165, 1.54) is 11.3 Å². The summed E-state index contributed by atoms with van der Waals surface area (Å²) >= 11 is 1.38. The zero-order valence-electron chi connectivity index (χ0n) is 17.1. The second-order valence-electron chi connectivity index (χ2n) is 9.04. The van der Waals surface area contributed by atoms with E-state index in [0.717, 1.165) is 29.7 Å². The van der Waals surface area contributed by atoms with Crippen molar-refractivity contribution >= 4 is 29.1 Å². The number of hydrogen-bond acceptors (Lipinski definition) is 4. The predicted octanol–water partition coefficient (Wildman–Crippen LogP) is 3.12. The molecular weight excluding hydrogens is 419 g/mol. The number of hydrazine groups is 1. The molecule has 0 saturated carbocycles. The fourth-order valence-electron chi connectivity index (χ4n) is 3.95. The molecule has 0 radical (unpaired) electrons. The van der Waals surface area contributed by atoms with Crippen LogP contribution in [-0.2, 0) is 22.4 Å². The van der Waals surface area contributed by atoms with Crippen LogP contribution in [0.15, 0.2) is 6.07 Å². The summed E-state index contributed by atoms with van der Waals surface area (Å²) < 4.78 is 38.1. The van der Waals surface area contributed by atoms with E-state index in [2.05, 4.69) is 31.6 Å². The van der Waals surface area contributed by atoms with Crippen LogP contribution in [0.4, 0.5) is 13.2 Å². The first-order chi connectivity index (χ1) is 13.9. The number of carbonyl (C=O) groups excluding carboxylic acids is 3. The van der Waals surface area contributed by atoms with Crippen molar-refractivity contribution in [3.8, 4) is 0 Å². The fourth-order valence-corrected chi connectivity index (χ4v) is 5.05. The van der Waals surface area contributed by atoms with Crippen LogP contribution in [-0.4, -0.2) is 29.9 Å². The van der Waals surface area contributed by atoms with Gasteiger partial charge in [-0.05, 0) is 55.1 Å². The first-order valence-electron chi connectivity index (χ1n) is 9.95. The molecule has 3 rings (SSSR count). The van der Waals surface area contributed by atoms with Gasteiger partial charge in [0.2, 0.25) is 5.91 Å². The highest BCUT2D eigenvalue weighted by Crippen LogP contribution is 2.40. The summed E-state index contributed by atoms with van der Waals surface area (Å²) in [6.07, 6.45) is -2.30. The number of aryl methyl sites for hydroxylation is 1. The van der Waals surface area contributed by atoms with Crippen molar-refractivity contribution in [1.82, 2.24) is 16.2 Å². The van der Waals surface area contributed by atoms with E-state index >= 15 is 0 Å². The lowest BCUT2D eigenvalue weighted by Crippen LogP contribution is -2.56. The molecule has 1 aliphatic carbocycles. The van der Waals surface area contributed by atoms with Crippen LogP contribution in [0.5, 0.6) is 0 Å². The van der Waals surface area contributed by atoms with Crippen LogP contribution in [0.2, 0.25) is 0 Å². The first kappa shape index (κ1) is 22.6. The van der Waals surface area contributed by atoms with Crippen molar-refractivity contribution in [1.29, 1.82) is 0 Å². The van der Waals surface area contributed by atoms with Crippen molar-refractivity contribution in [3.63, 3.8) is 0 Å². The van der Waals surface area contributed by atoms with Gasteiger partial charge < -0.3 is 5.32 Å². The lowest BCUT2D eigenvalue weighted by molar-refractivity contribution is -0.171. The molecule has 0 spiro atoms. The van der Waals surface area contributed by atoms with Gasteiger partial charge in [0.25, 0.3) is 11.8 Å². The molecule has 166 valence electrons. The SMILES string of the molecule is CC(C)(C)C1CCc2sc(C(=O)NNC(=O)C3CCC(C(F)(F)F)NC3=O)cc2C1. The molecular formula is C20H26F3N3O3S. The van der Waals surface area contributed by atoms with Gasteiger partial charge in [-0.3, -0.25) is 25.2 Å². The Morgan fingerprint density at radius 2 is 1.83 bits per heavy atom. The van der Waals surface area contributed by atoms with Gasteiger partial charge in [-0.15, -0.1) is 11.3 Å². The Morgan fingerprint density at radius 1 is 1.13 bits per heavy atom. The molecule has 1 aromatic heterocycles. The molecule has 3 unspecified atom stereocenters. The Labute approximate surface area is 177 Å². The van der Waals surface area contributed by atoms with Crippen molar-refractivity contribution in [2.45, 2.75) is 65.1 Å². The number of halogens is 3. The van der Waals surface area contributed by atoms with E-state index in [1.54, 1.807) is 0 Å². The molecule has 1 fully saturated rings. The van der Waals surface area contributed by atoms with Gasteiger partial charge in [0.05, 0.1) is 4.88 Å². The first-order valence-corrected chi connectivity index (χ1v) is 10.8. The number of carbonyl (C=O) groups is 3. The van der Waals surface area contributed by atoms with Crippen LogP contribution in [0.25, 0.3) is 0 Å². The summed E-state index contributed by atoms with van der Waals surface area (Å²) in [5.74, 6) is -3.06. The molecule has 2 aliphatic rings. The lowest BCUT2D eigenvalue weighted by atomic mass is 9.72. The molecule has 1 aliphatic heterocycles. The molecule has 6 nitrogen and oxygen atoms in total. The minimum absolute atomic E-state index is 0.182. The van der Waals surface area contributed by atoms with E-state index in [0.29, 0.717) is 10.8 Å². The number of rotatable bonds is 2. The van der Waals surface area contributed by atoms with E-state index in [9.17, 15) is 27.6 Å². The summed E-state index contributed by atoms with van der Waals surface area (Å²) in [5, 5.41) is 1.82. The predicted molar refractivity (Wildman–Crippen MR) is 106 cm³/mol. The van der Waals surface area contributed by atoms with Crippen molar-refractivity contribution < 1.29 is 27.6 Å². The fraction of sp³-hybridized carbons (Fsp3) is 0.650. The van der Waals surface area contributed by atoms with E-state index in [4.69, 9.17) is 0 Å². The van der Waals surface area contributed by atoms with Gasteiger partial charge >= 0.3 is 6.18 Å². The topological polar surface area (TPSA) is 87.3 Å². The number of thiophene rings is 1. The second kappa shape index (κ2) is 8.20. The standard InChI is InChI=1S/C20H26F3N3O3S/c1-19(2,3)11-4-6-13-10(8-11)9-14(30-13)18(29)26-25-17(28)12-5-7-15(20(21,22)23)24-16(12)27/h9,11-12,15H,4-8H2,1-3H3,(H,24,27)(H,25,28)(H,26,29). The third kappa shape index (κ3) is 4.96. The zero-order chi connectivity index (χ0) is 22.3. The van der Waals surface area contributed by atoms with Gasteiger partial charge in [-0.1, -0.05) is 20.8 Å². The number of hydrogen-bond donors (Lipinski definition) is 3. The average Bonchev–Trinajstić information content (AvgIpc) is 3.07. The summed E-state index contributed by atoms with van der Waals surface area (Å²) in [6, 6.07) is -0.112. The molecule has 10 heteroatoms. The zero-order valence-corrected chi connectivity index (χ0v) is 17.9. The van der Waals surface area contributed by atoms with Crippen LogP contribution < -0.4 is 16.2 Å². The highest BCUT2D eigenvalue weighted by molar-refractivity contribution is 7.14. The second-order valence-corrected chi connectivity index (χ2v) is 10.2. The van der Waals surface area contributed by atoms with E-state index in [1.807, 2.05) is 11.4 Å². The minimum Gasteiger partial charge on any atom is -0.344 e. The number of amides is 3. The Morgan fingerprint density at radius 3 is 2.43 bits per heavy atom. The maximum absolute atomic E-state index is 12.7. The largest absolute Gasteiger partial charge is 0.408 e. The molecule has 1 aromatic rings. The van der Waals surface area contributed by atoms with Gasteiger partial charge in [0, 0.05) is 4.88 Å². The van der Waals surface area contributed by atoms with E-state index in [-0.39, 0.29) is 18.3 Å². The van der Waals surface area contributed by atoms with E-state index < -0.39 is 35.9 Å². The van der Waals surface area contributed by atoms with Crippen LogP contribution in [0, 0.1) is 17.3 Å². The summed E-state index contributed by atoms with van der Waals surface area (Å²) in [5.41, 5.74) is 5.78. The minimum atomic E-state index is -4.55. The third-order valence-electron chi connectivity index (χ3n) is 5.92. The van der Waals surface area contributed by atoms with Gasteiger partial charge in [-0.25, -0.2) is 0 Å². The van der Waals surface area contributed by atoms with Crippen LogP contribution in [0.3, 0.4) is 0 Å². The van der Waals surface area contributed by atoms with Crippen LogP contribution >= 0.6 is 11.3 Å². The maximum Gasteiger partial charge on any atom is 0.408 e. The maximum atomic E-state index is 12.7.